The van der Waals surface area contributed by atoms with E-state index < -0.39 is 20.0 Å². The van der Waals surface area contributed by atoms with Crippen LogP contribution in [0.1, 0.15) is 361 Å². The molecule has 0 fully saturated rings. The van der Waals surface area contributed by atoms with E-state index in [4.69, 9.17) is 9.05 Å². The summed E-state index contributed by atoms with van der Waals surface area (Å²) in [6.45, 7) is 4.74. The summed E-state index contributed by atoms with van der Waals surface area (Å²) in [6.07, 6.45) is 107. The molecular formula is C83H152N2O6P+. The number of carbonyl (C=O) groups is 1. The van der Waals surface area contributed by atoms with E-state index in [1.54, 1.807) is 6.08 Å². The molecule has 0 aliphatic rings. The molecule has 0 aliphatic heterocycles. The van der Waals surface area contributed by atoms with Gasteiger partial charge in [-0.3, -0.25) is 13.8 Å². The van der Waals surface area contributed by atoms with Crippen LogP contribution in [0.3, 0.4) is 0 Å². The minimum Gasteiger partial charge on any atom is -0.387 e. The molecule has 3 unspecified atom stereocenters. The SMILES string of the molecule is CC/C=C\C/C=C\C/C=C\C/C=C\C/C=C\C/C=C\C/C=C\C/C=C\CCCCCCCCCCCCCCCCC(=O)NC(COP(=O)(O)OCC[N+](C)(C)C)C(O)/C=C/CCCCCCCCCCCCCCCCCCCCCCCCCCCCCCC. The number of aliphatic hydroxyl groups is 1. The quantitative estimate of drug-likeness (QED) is 0.0243. The van der Waals surface area contributed by atoms with Crippen LogP contribution in [-0.4, -0.2) is 73.4 Å². The summed E-state index contributed by atoms with van der Waals surface area (Å²) in [7, 11) is 1.58. The molecule has 0 aromatic heterocycles. The van der Waals surface area contributed by atoms with Crippen LogP contribution in [0, 0.1) is 0 Å². The molecule has 3 N–H and O–H groups in total. The van der Waals surface area contributed by atoms with E-state index in [0.717, 1.165) is 89.9 Å². The highest BCUT2D eigenvalue weighted by atomic mass is 31.2. The Labute approximate surface area is 572 Å². The predicted octanol–water partition coefficient (Wildman–Crippen LogP) is 25.8. The lowest BCUT2D eigenvalue weighted by Gasteiger charge is -2.25. The first-order valence-corrected chi connectivity index (χ1v) is 40.8. The van der Waals surface area contributed by atoms with Gasteiger partial charge in [0.15, 0.2) is 0 Å². The van der Waals surface area contributed by atoms with E-state index in [1.807, 2.05) is 27.2 Å². The lowest BCUT2D eigenvalue weighted by atomic mass is 10.0. The molecule has 9 heteroatoms. The highest BCUT2D eigenvalue weighted by Gasteiger charge is 2.28. The first-order chi connectivity index (χ1) is 45.0. The number of carbonyl (C=O) groups excluding carboxylic acids is 1. The number of hydrogen-bond acceptors (Lipinski definition) is 5. The smallest absolute Gasteiger partial charge is 0.387 e. The van der Waals surface area contributed by atoms with Gasteiger partial charge in [0.2, 0.25) is 5.91 Å². The second-order valence-electron chi connectivity index (χ2n) is 27.7. The first-order valence-electron chi connectivity index (χ1n) is 39.3. The first kappa shape index (κ1) is 89.2. The summed E-state index contributed by atoms with van der Waals surface area (Å²) in [5.74, 6) is -0.176. The van der Waals surface area contributed by atoms with Crippen molar-refractivity contribution in [2.24, 2.45) is 0 Å². The second kappa shape index (κ2) is 72.4. The van der Waals surface area contributed by atoms with Gasteiger partial charge in [0.1, 0.15) is 13.2 Å². The molecule has 0 bridgehead atoms. The third kappa shape index (κ3) is 74.6. The predicted molar refractivity (Wildman–Crippen MR) is 405 cm³/mol. The van der Waals surface area contributed by atoms with Crippen molar-refractivity contribution in [2.75, 3.05) is 40.9 Å². The summed E-state index contributed by atoms with van der Waals surface area (Å²) in [5.41, 5.74) is 0. The zero-order chi connectivity index (χ0) is 66.9. The van der Waals surface area contributed by atoms with Gasteiger partial charge in [-0.05, 0) is 83.5 Å². The second-order valence-corrected chi connectivity index (χ2v) is 29.2. The molecule has 0 saturated heterocycles. The zero-order valence-electron chi connectivity index (χ0n) is 61.3. The van der Waals surface area contributed by atoms with Gasteiger partial charge in [0, 0.05) is 6.42 Å². The maximum absolute atomic E-state index is 13.1. The Kier molecular flexibility index (Phi) is 70.2. The fraction of sp³-hybridized carbons (Fsp3) is 0.771. The molecule has 1 amide bonds. The van der Waals surface area contributed by atoms with Crippen LogP contribution in [0.25, 0.3) is 0 Å². The number of amides is 1. The Bertz CT molecular complexity index is 1870. The summed E-state index contributed by atoms with van der Waals surface area (Å²) < 4.78 is 23.9. The van der Waals surface area contributed by atoms with Crippen molar-refractivity contribution >= 4 is 13.7 Å². The van der Waals surface area contributed by atoms with E-state index >= 15 is 0 Å². The maximum atomic E-state index is 13.1. The summed E-state index contributed by atoms with van der Waals surface area (Å²) in [6, 6.07) is -0.855. The average molecular weight is 1310 g/mol. The molecule has 8 nitrogen and oxygen atoms in total. The lowest BCUT2D eigenvalue weighted by molar-refractivity contribution is -0.870. The molecule has 0 aliphatic carbocycles. The standard InChI is InChI=1S/C83H151N2O6P/c1-6-8-10-12-14-16-18-20-22-24-26-28-30-32-34-36-38-39-40-41-42-43-44-45-47-49-51-53-55-57-59-61-63-65-67-69-71-73-75-77-83(87)84-81(80-91-92(88,89)90-79-78-85(3,4)5)82(86)76-74-72-70-68-66-64-62-60-58-56-54-52-50-48-46-37-35-33-31-29-27-25-23-21-19-17-15-13-11-9-7-2/h8,10,14,16,20,22,26,28,32,34,38-39,41-42,44-45,74,76,81-82,86H,6-7,9,11-13,15,17-19,21,23-25,27,29-31,33,35-37,40,43,46-73,75,77-80H2,1-5H3,(H-,84,87,88,89)/p+1/b10-8-,16-14-,22-20-,28-26-,34-32-,39-38-,42-41-,45-44-,76-74+. The number of likely N-dealkylation sites (N-methyl/N-ethyl adjacent to an activating group) is 1. The van der Waals surface area contributed by atoms with Gasteiger partial charge in [0.05, 0.1) is 39.9 Å². The van der Waals surface area contributed by atoms with E-state index in [9.17, 15) is 19.4 Å². The Balaban J connectivity index is 4.03. The highest BCUT2D eigenvalue weighted by molar-refractivity contribution is 7.47. The molecule has 0 aromatic rings. The van der Waals surface area contributed by atoms with Crippen LogP contribution in [0.4, 0.5) is 0 Å². The van der Waals surface area contributed by atoms with Crippen molar-refractivity contribution < 1.29 is 32.9 Å². The number of phosphoric ester groups is 1. The largest absolute Gasteiger partial charge is 0.472 e. The molecule has 0 saturated carbocycles. The van der Waals surface area contributed by atoms with E-state index in [0.29, 0.717) is 17.4 Å². The average Bonchev–Trinajstić information content (AvgIpc) is 2.63. The fourth-order valence-corrected chi connectivity index (χ4v) is 12.2. The van der Waals surface area contributed by atoms with E-state index in [1.165, 1.54) is 250 Å². The summed E-state index contributed by atoms with van der Waals surface area (Å²) >= 11 is 0. The fourth-order valence-electron chi connectivity index (χ4n) is 11.5. The number of phosphoric acid groups is 1. The number of unbranched alkanes of at least 4 members (excludes halogenated alkanes) is 43. The van der Waals surface area contributed by atoms with Crippen molar-refractivity contribution in [3.8, 4) is 0 Å². The Morgan fingerprint density at radius 3 is 0.957 bits per heavy atom. The highest BCUT2D eigenvalue weighted by Crippen LogP contribution is 2.43. The van der Waals surface area contributed by atoms with Crippen LogP contribution < -0.4 is 5.32 Å². The van der Waals surface area contributed by atoms with Crippen LogP contribution in [0.15, 0.2) is 109 Å². The summed E-state index contributed by atoms with van der Waals surface area (Å²) in [4.78, 5) is 23.5. The number of nitrogens with zero attached hydrogens (tertiary/aromatic N) is 1. The molecule has 0 radical (unpaired) electrons. The number of rotatable bonds is 72. The van der Waals surface area contributed by atoms with E-state index in [-0.39, 0.29) is 19.1 Å². The summed E-state index contributed by atoms with van der Waals surface area (Å²) in [5, 5.41) is 14.1. The van der Waals surface area contributed by atoms with Gasteiger partial charge in [-0.25, -0.2) is 4.57 Å². The monoisotopic (exact) mass is 1300 g/mol. The van der Waals surface area contributed by atoms with Crippen LogP contribution in [0.5, 0.6) is 0 Å². The number of allylic oxidation sites excluding steroid dienone is 17. The number of quaternary nitrogens is 1. The van der Waals surface area contributed by atoms with Crippen molar-refractivity contribution in [1.29, 1.82) is 0 Å². The van der Waals surface area contributed by atoms with Gasteiger partial charge in [-0.1, -0.05) is 380 Å². The molecule has 0 rings (SSSR count). The van der Waals surface area contributed by atoms with Crippen molar-refractivity contribution in [3.63, 3.8) is 0 Å². The Morgan fingerprint density at radius 2 is 0.652 bits per heavy atom. The molecule has 0 spiro atoms. The normalized spacial score (nSPS) is 14.1. The Morgan fingerprint density at radius 1 is 0.380 bits per heavy atom. The lowest BCUT2D eigenvalue weighted by Crippen LogP contribution is -2.45. The van der Waals surface area contributed by atoms with Gasteiger partial charge >= 0.3 is 7.82 Å². The topological polar surface area (TPSA) is 105 Å². The maximum Gasteiger partial charge on any atom is 0.472 e. The molecular weight excluding hydrogens is 1150 g/mol. The third-order valence-electron chi connectivity index (χ3n) is 17.5. The van der Waals surface area contributed by atoms with Gasteiger partial charge in [-0.2, -0.15) is 0 Å². The van der Waals surface area contributed by atoms with Gasteiger partial charge in [-0.15, -0.1) is 0 Å². The van der Waals surface area contributed by atoms with Crippen molar-refractivity contribution in [3.05, 3.63) is 109 Å². The molecule has 0 heterocycles. The number of nitrogens with one attached hydrogen (secondary N) is 1. The Hall–Kier alpha value is -2.84. The van der Waals surface area contributed by atoms with Gasteiger partial charge < -0.3 is 19.8 Å². The van der Waals surface area contributed by atoms with Crippen LogP contribution in [-0.2, 0) is 18.4 Å². The molecule has 3 atom stereocenters. The minimum atomic E-state index is -4.36. The third-order valence-corrected chi connectivity index (χ3v) is 18.5. The number of aliphatic hydroxyl groups excluding tert-OH is 1. The van der Waals surface area contributed by atoms with E-state index in [2.05, 4.69) is 116 Å². The zero-order valence-corrected chi connectivity index (χ0v) is 62.2. The van der Waals surface area contributed by atoms with Gasteiger partial charge in [0.25, 0.3) is 0 Å². The van der Waals surface area contributed by atoms with Crippen molar-refractivity contribution in [1.82, 2.24) is 5.32 Å². The molecule has 0 aromatic carbocycles. The van der Waals surface area contributed by atoms with Crippen LogP contribution in [0.2, 0.25) is 0 Å². The molecule has 534 valence electrons. The molecule has 92 heavy (non-hydrogen) atoms. The minimum absolute atomic E-state index is 0.0588. The van der Waals surface area contributed by atoms with Crippen LogP contribution >= 0.6 is 7.82 Å². The van der Waals surface area contributed by atoms with Crippen molar-refractivity contribution in [2.45, 2.75) is 373 Å². The number of hydrogen-bond donors (Lipinski definition) is 3.